The van der Waals surface area contributed by atoms with Gasteiger partial charge in [0.1, 0.15) is 18.2 Å². The number of hydrogen-bond acceptors (Lipinski definition) is 6. The van der Waals surface area contributed by atoms with Crippen molar-refractivity contribution in [2.75, 3.05) is 13.1 Å². The average Bonchev–Trinajstić information content (AvgIpc) is 2.88. The van der Waals surface area contributed by atoms with E-state index in [2.05, 4.69) is 21.3 Å². The summed E-state index contributed by atoms with van der Waals surface area (Å²) in [6.07, 6.45) is 0.133. The van der Waals surface area contributed by atoms with Gasteiger partial charge in [0.05, 0.1) is 6.54 Å². The lowest BCUT2D eigenvalue weighted by Gasteiger charge is -2.19. The second-order valence-corrected chi connectivity index (χ2v) is 9.66. The molecule has 0 bridgehead atoms. The van der Waals surface area contributed by atoms with E-state index < -0.39 is 23.8 Å². The number of alkyl carbamates (subject to hydrolysis) is 2. The fourth-order valence-electron chi connectivity index (χ4n) is 3.31. The molecule has 38 heavy (non-hydrogen) atoms. The largest absolute Gasteiger partial charge is 0.445 e. The lowest BCUT2D eigenvalue weighted by Crippen LogP contribution is -2.46. The first-order chi connectivity index (χ1) is 18.1. The lowest BCUT2D eigenvalue weighted by atomic mass is 10.1. The maximum Gasteiger partial charge on any atom is 0.408 e. The third kappa shape index (κ3) is 13.3. The summed E-state index contributed by atoms with van der Waals surface area (Å²) in [5, 5.41) is 10.6. The van der Waals surface area contributed by atoms with Gasteiger partial charge in [0, 0.05) is 13.1 Å². The number of carbonyl (C=O) groups is 4. The molecule has 0 spiro atoms. The van der Waals surface area contributed by atoms with Gasteiger partial charge >= 0.3 is 12.2 Å². The first kappa shape index (κ1) is 30.1. The van der Waals surface area contributed by atoms with Gasteiger partial charge in [-0.25, -0.2) is 9.59 Å². The number of carbonyl (C=O) groups excluding carboxylic acids is 4. The minimum Gasteiger partial charge on any atom is -0.445 e. The van der Waals surface area contributed by atoms with Crippen molar-refractivity contribution in [3.05, 3.63) is 71.8 Å². The summed E-state index contributed by atoms with van der Waals surface area (Å²) in [5.41, 5.74) is 1.13. The molecule has 0 aliphatic rings. The third-order valence-corrected chi connectivity index (χ3v) is 5.16. The Labute approximate surface area is 223 Å². The summed E-state index contributed by atoms with van der Waals surface area (Å²) in [6.45, 7) is 5.78. The average molecular weight is 527 g/mol. The van der Waals surface area contributed by atoms with Crippen molar-refractivity contribution in [3.8, 4) is 0 Å². The molecule has 0 aliphatic carbocycles. The molecule has 10 nitrogen and oxygen atoms in total. The minimum absolute atomic E-state index is 0.0917. The Balaban J connectivity index is 1.77. The van der Waals surface area contributed by atoms with Gasteiger partial charge in [-0.05, 0) is 51.2 Å². The highest BCUT2D eigenvalue weighted by Gasteiger charge is 2.21. The van der Waals surface area contributed by atoms with E-state index in [4.69, 9.17) is 9.47 Å². The third-order valence-electron chi connectivity index (χ3n) is 5.16. The summed E-state index contributed by atoms with van der Waals surface area (Å²) in [5.74, 6) is -0.674. The normalized spacial score (nSPS) is 11.6. The Kier molecular flexibility index (Phi) is 12.6. The van der Waals surface area contributed by atoms with Gasteiger partial charge in [-0.3, -0.25) is 9.59 Å². The number of hydrogen-bond donors (Lipinski definition) is 4. The molecular formula is C28H38N4O6. The van der Waals surface area contributed by atoms with Crippen LogP contribution in [0, 0.1) is 0 Å². The van der Waals surface area contributed by atoms with Crippen LogP contribution < -0.4 is 21.3 Å². The Hall–Kier alpha value is -4.08. The van der Waals surface area contributed by atoms with Crippen LogP contribution in [0.15, 0.2) is 60.7 Å². The molecule has 0 heterocycles. The van der Waals surface area contributed by atoms with E-state index in [0.29, 0.717) is 32.4 Å². The van der Waals surface area contributed by atoms with Crippen LogP contribution in [0.5, 0.6) is 0 Å². The summed E-state index contributed by atoms with van der Waals surface area (Å²) >= 11 is 0. The zero-order chi connectivity index (χ0) is 27.8. The maximum absolute atomic E-state index is 12.8. The monoisotopic (exact) mass is 526 g/mol. The van der Waals surface area contributed by atoms with Crippen LogP contribution in [0.1, 0.15) is 51.2 Å². The van der Waals surface area contributed by atoms with E-state index in [1.165, 1.54) is 0 Å². The zero-order valence-electron chi connectivity index (χ0n) is 22.3. The minimum atomic E-state index is -0.800. The molecule has 10 heteroatoms. The summed E-state index contributed by atoms with van der Waals surface area (Å²) in [7, 11) is 0. The molecule has 0 radical (unpaired) electrons. The Bertz CT molecular complexity index is 1020. The van der Waals surface area contributed by atoms with Crippen LogP contribution in [0.3, 0.4) is 0 Å². The topological polar surface area (TPSA) is 135 Å². The number of amides is 4. The molecule has 1 atom stereocenters. The summed E-state index contributed by atoms with van der Waals surface area (Å²) in [6, 6.07) is 17.9. The van der Waals surface area contributed by atoms with Crippen molar-refractivity contribution in [2.45, 2.75) is 64.8 Å². The second kappa shape index (κ2) is 15.9. The van der Waals surface area contributed by atoms with Crippen LogP contribution in [0.2, 0.25) is 0 Å². The Morgan fingerprint density at radius 2 is 1.42 bits per heavy atom. The van der Waals surface area contributed by atoms with E-state index in [1.807, 2.05) is 60.7 Å². The van der Waals surface area contributed by atoms with Gasteiger partial charge in [-0.1, -0.05) is 60.7 Å². The molecular weight excluding hydrogens is 488 g/mol. The fraction of sp³-hybridized carbons (Fsp3) is 0.429. The zero-order valence-corrected chi connectivity index (χ0v) is 22.3. The number of benzene rings is 2. The van der Waals surface area contributed by atoms with Gasteiger partial charge < -0.3 is 30.7 Å². The van der Waals surface area contributed by atoms with Crippen LogP contribution in [-0.4, -0.2) is 48.7 Å². The molecule has 206 valence electrons. The standard InChI is InChI=1S/C28H38N4O6/c1-28(2,3)38-26(35)31-19-24(33)29-17-11-10-16-23(25(34)30-18-21-12-6-4-7-13-21)32-27(36)37-20-22-14-8-5-9-15-22/h4-9,12-15,23H,10-11,16-20H2,1-3H3,(H,29,33)(H,30,34)(H,31,35)(H,32,36). The SMILES string of the molecule is CC(C)(C)OC(=O)NCC(=O)NCCCCC(NC(=O)OCc1ccccc1)C(=O)NCc1ccccc1. The molecule has 2 rings (SSSR count). The van der Waals surface area contributed by atoms with Gasteiger partial charge in [-0.2, -0.15) is 0 Å². The van der Waals surface area contributed by atoms with E-state index in [-0.39, 0.29) is 25.0 Å². The molecule has 0 saturated heterocycles. The molecule has 4 N–H and O–H groups in total. The van der Waals surface area contributed by atoms with Crippen LogP contribution in [0.25, 0.3) is 0 Å². The molecule has 2 aromatic rings. The van der Waals surface area contributed by atoms with Crippen molar-refractivity contribution in [3.63, 3.8) is 0 Å². The van der Waals surface area contributed by atoms with Crippen molar-refractivity contribution in [2.24, 2.45) is 0 Å². The maximum atomic E-state index is 12.8. The predicted molar refractivity (Wildman–Crippen MR) is 143 cm³/mol. The van der Waals surface area contributed by atoms with E-state index in [0.717, 1.165) is 11.1 Å². The van der Waals surface area contributed by atoms with E-state index >= 15 is 0 Å². The number of nitrogens with one attached hydrogen (secondary N) is 4. The smallest absolute Gasteiger partial charge is 0.408 e. The number of unbranched alkanes of at least 4 members (excludes halogenated alkanes) is 1. The molecule has 0 aromatic heterocycles. The van der Waals surface area contributed by atoms with Crippen molar-refractivity contribution in [1.29, 1.82) is 0 Å². The number of rotatable bonds is 13. The second-order valence-electron chi connectivity index (χ2n) is 9.66. The Morgan fingerprint density at radius 1 is 0.789 bits per heavy atom. The summed E-state index contributed by atoms with van der Waals surface area (Å²) < 4.78 is 10.4. The Morgan fingerprint density at radius 3 is 2.05 bits per heavy atom. The quantitative estimate of drug-likeness (QED) is 0.296. The van der Waals surface area contributed by atoms with Gasteiger partial charge in [0.15, 0.2) is 0 Å². The van der Waals surface area contributed by atoms with Gasteiger partial charge in [0.25, 0.3) is 0 Å². The highest BCUT2D eigenvalue weighted by molar-refractivity contribution is 5.85. The van der Waals surface area contributed by atoms with Crippen LogP contribution in [0.4, 0.5) is 9.59 Å². The molecule has 0 saturated carbocycles. The highest BCUT2D eigenvalue weighted by Crippen LogP contribution is 2.07. The van der Waals surface area contributed by atoms with Crippen molar-refractivity contribution < 1.29 is 28.7 Å². The predicted octanol–water partition coefficient (Wildman–Crippen LogP) is 3.41. The number of ether oxygens (including phenoxy) is 2. The van der Waals surface area contributed by atoms with Crippen molar-refractivity contribution in [1.82, 2.24) is 21.3 Å². The molecule has 1 unspecified atom stereocenters. The highest BCUT2D eigenvalue weighted by atomic mass is 16.6. The van der Waals surface area contributed by atoms with Crippen molar-refractivity contribution >= 4 is 24.0 Å². The molecule has 4 amide bonds. The molecule has 0 fully saturated rings. The fourth-order valence-corrected chi connectivity index (χ4v) is 3.31. The molecule has 2 aromatic carbocycles. The van der Waals surface area contributed by atoms with E-state index in [9.17, 15) is 19.2 Å². The van der Waals surface area contributed by atoms with Gasteiger partial charge in [-0.15, -0.1) is 0 Å². The van der Waals surface area contributed by atoms with Crippen LogP contribution >= 0.6 is 0 Å². The lowest BCUT2D eigenvalue weighted by molar-refractivity contribution is -0.123. The van der Waals surface area contributed by atoms with Gasteiger partial charge in [0.2, 0.25) is 11.8 Å². The van der Waals surface area contributed by atoms with E-state index in [1.54, 1.807) is 20.8 Å². The first-order valence-electron chi connectivity index (χ1n) is 12.6. The molecule has 0 aliphatic heterocycles. The summed E-state index contributed by atoms with van der Waals surface area (Å²) in [4.78, 5) is 48.8. The first-order valence-corrected chi connectivity index (χ1v) is 12.6. The van der Waals surface area contributed by atoms with Crippen LogP contribution in [-0.2, 0) is 32.2 Å².